The zero-order valence-corrected chi connectivity index (χ0v) is 10.2. The van der Waals surface area contributed by atoms with E-state index in [0.29, 0.717) is 20.0 Å². The molecular weight excluding hydrogens is 224 g/mol. The van der Waals surface area contributed by atoms with Gasteiger partial charge in [-0.1, -0.05) is 60.7 Å². The first-order valence-electron chi connectivity index (χ1n) is 6.18. The molecule has 0 aliphatic carbocycles. The van der Waals surface area contributed by atoms with Gasteiger partial charge >= 0.3 is 0 Å². The van der Waals surface area contributed by atoms with Gasteiger partial charge in [0.15, 0.2) is 0 Å². The zero-order valence-electron chi connectivity index (χ0n) is 10.2. The van der Waals surface area contributed by atoms with Gasteiger partial charge < -0.3 is 9.47 Å². The van der Waals surface area contributed by atoms with Crippen LogP contribution in [0.3, 0.4) is 0 Å². The second kappa shape index (κ2) is 4.92. The Morgan fingerprint density at radius 1 is 0.667 bits per heavy atom. The van der Waals surface area contributed by atoms with Crippen LogP contribution in [-0.2, 0) is 14.9 Å². The second-order valence-electron chi connectivity index (χ2n) is 4.63. The molecule has 0 amide bonds. The third kappa shape index (κ3) is 1.94. The molecule has 2 heteroatoms. The molecule has 0 saturated carbocycles. The van der Waals surface area contributed by atoms with Crippen molar-refractivity contribution in [1.82, 2.24) is 0 Å². The van der Waals surface area contributed by atoms with Crippen LogP contribution < -0.4 is 0 Å². The summed E-state index contributed by atoms with van der Waals surface area (Å²) in [7, 11) is 0. The van der Waals surface area contributed by atoms with Crippen molar-refractivity contribution in [2.45, 2.75) is 5.41 Å². The predicted octanol–water partition coefficient (Wildman–Crippen LogP) is 2.98. The maximum absolute atomic E-state index is 5.57. The van der Waals surface area contributed by atoms with E-state index in [0.717, 1.165) is 0 Å². The largest absolute Gasteiger partial charge is 0.354 e. The molecule has 1 aliphatic heterocycles. The molecule has 1 aliphatic rings. The van der Waals surface area contributed by atoms with Crippen LogP contribution >= 0.6 is 0 Å². The Bertz CT molecular complexity index is 446. The molecule has 2 aromatic rings. The molecule has 1 saturated heterocycles. The summed E-state index contributed by atoms with van der Waals surface area (Å²) >= 11 is 0. The van der Waals surface area contributed by atoms with Gasteiger partial charge in [-0.15, -0.1) is 0 Å². The van der Waals surface area contributed by atoms with Crippen LogP contribution in [0.5, 0.6) is 0 Å². The van der Waals surface area contributed by atoms with E-state index in [4.69, 9.17) is 9.47 Å². The lowest BCUT2D eigenvalue weighted by molar-refractivity contribution is -0.128. The van der Waals surface area contributed by atoms with E-state index in [1.54, 1.807) is 0 Å². The van der Waals surface area contributed by atoms with Gasteiger partial charge in [0.05, 0.1) is 18.6 Å². The highest BCUT2D eigenvalue weighted by molar-refractivity contribution is 5.40. The molecule has 2 aromatic carbocycles. The van der Waals surface area contributed by atoms with E-state index in [-0.39, 0.29) is 5.41 Å². The van der Waals surface area contributed by atoms with Gasteiger partial charge in [0.1, 0.15) is 6.79 Å². The zero-order chi connectivity index (χ0) is 12.3. The van der Waals surface area contributed by atoms with Crippen LogP contribution in [0.15, 0.2) is 60.7 Å². The maximum atomic E-state index is 5.57. The molecule has 18 heavy (non-hydrogen) atoms. The smallest absolute Gasteiger partial charge is 0.146 e. The minimum atomic E-state index is -0.180. The lowest BCUT2D eigenvalue weighted by Crippen LogP contribution is -2.42. The summed E-state index contributed by atoms with van der Waals surface area (Å²) < 4.78 is 11.1. The van der Waals surface area contributed by atoms with Crippen molar-refractivity contribution in [2.75, 3.05) is 20.0 Å². The SMILES string of the molecule is c1ccc(C2(c3ccccc3)COCOC2)cc1. The molecule has 3 rings (SSSR count). The molecule has 0 spiro atoms. The summed E-state index contributed by atoms with van der Waals surface area (Å²) in [6.45, 7) is 1.73. The van der Waals surface area contributed by atoms with Gasteiger partial charge in [-0.2, -0.15) is 0 Å². The third-order valence-corrected chi connectivity index (χ3v) is 3.52. The van der Waals surface area contributed by atoms with Crippen molar-refractivity contribution >= 4 is 0 Å². The van der Waals surface area contributed by atoms with Crippen LogP contribution in [-0.4, -0.2) is 20.0 Å². The molecule has 0 unspecified atom stereocenters. The highest BCUT2D eigenvalue weighted by atomic mass is 16.7. The summed E-state index contributed by atoms with van der Waals surface area (Å²) in [5.41, 5.74) is 2.31. The first-order valence-corrected chi connectivity index (χ1v) is 6.18. The average molecular weight is 240 g/mol. The Hall–Kier alpha value is -1.64. The fraction of sp³-hybridized carbons (Fsp3) is 0.250. The molecule has 0 radical (unpaired) electrons. The fourth-order valence-corrected chi connectivity index (χ4v) is 2.55. The molecule has 1 fully saturated rings. The monoisotopic (exact) mass is 240 g/mol. The van der Waals surface area contributed by atoms with Crippen molar-refractivity contribution in [1.29, 1.82) is 0 Å². The van der Waals surface area contributed by atoms with Crippen molar-refractivity contribution in [3.63, 3.8) is 0 Å². The first kappa shape index (κ1) is 11.5. The Morgan fingerprint density at radius 2 is 1.11 bits per heavy atom. The van der Waals surface area contributed by atoms with Crippen molar-refractivity contribution < 1.29 is 9.47 Å². The standard InChI is InChI=1S/C16H16O2/c1-3-7-14(8-4-1)16(11-17-13-18-12-16)15-9-5-2-6-10-15/h1-10H,11-13H2. The van der Waals surface area contributed by atoms with Crippen molar-refractivity contribution in [3.05, 3.63) is 71.8 Å². The van der Waals surface area contributed by atoms with E-state index in [9.17, 15) is 0 Å². The van der Waals surface area contributed by atoms with Crippen molar-refractivity contribution in [2.24, 2.45) is 0 Å². The van der Waals surface area contributed by atoms with Gasteiger partial charge in [0.2, 0.25) is 0 Å². The van der Waals surface area contributed by atoms with E-state index in [1.165, 1.54) is 11.1 Å². The number of hydrogen-bond acceptors (Lipinski definition) is 2. The van der Waals surface area contributed by atoms with Crippen molar-refractivity contribution in [3.8, 4) is 0 Å². The van der Waals surface area contributed by atoms with Gasteiger partial charge in [0, 0.05) is 0 Å². The summed E-state index contributed by atoms with van der Waals surface area (Å²) in [5, 5.41) is 0. The van der Waals surface area contributed by atoms with Crippen LogP contribution in [0.4, 0.5) is 0 Å². The predicted molar refractivity (Wildman–Crippen MR) is 70.4 cm³/mol. The average Bonchev–Trinajstić information content (AvgIpc) is 2.50. The minimum Gasteiger partial charge on any atom is -0.354 e. The third-order valence-electron chi connectivity index (χ3n) is 3.52. The molecule has 0 atom stereocenters. The topological polar surface area (TPSA) is 18.5 Å². The molecule has 0 N–H and O–H groups in total. The van der Waals surface area contributed by atoms with Crippen LogP contribution in [0.25, 0.3) is 0 Å². The molecule has 1 heterocycles. The molecule has 0 bridgehead atoms. The van der Waals surface area contributed by atoms with Crippen LogP contribution in [0, 0.1) is 0 Å². The van der Waals surface area contributed by atoms with Gasteiger partial charge in [-0.3, -0.25) is 0 Å². The second-order valence-corrected chi connectivity index (χ2v) is 4.63. The molecule has 92 valence electrons. The lowest BCUT2D eigenvalue weighted by Gasteiger charge is -2.37. The number of rotatable bonds is 2. The van der Waals surface area contributed by atoms with Gasteiger partial charge in [-0.25, -0.2) is 0 Å². The maximum Gasteiger partial charge on any atom is 0.146 e. The Labute approximate surface area is 107 Å². The lowest BCUT2D eigenvalue weighted by atomic mass is 9.75. The summed E-state index contributed by atoms with van der Waals surface area (Å²) in [6, 6.07) is 20.9. The van der Waals surface area contributed by atoms with Gasteiger partial charge in [0.25, 0.3) is 0 Å². The molecular formula is C16H16O2. The Balaban J connectivity index is 2.10. The van der Waals surface area contributed by atoms with E-state index < -0.39 is 0 Å². The first-order chi connectivity index (χ1) is 8.92. The number of hydrogen-bond donors (Lipinski definition) is 0. The molecule has 2 nitrogen and oxygen atoms in total. The normalized spacial score (nSPS) is 18.4. The van der Waals surface area contributed by atoms with E-state index >= 15 is 0 Å². The summed E-state index contributed by atoms with van der Waals surface area (Å²) in [6.07, 6.45) is 0. The Kier molecular flexibility index (Phi) is 3.13. The van der Waals surface area contributed by atoms with E-state index in [2.05, 4.69) is 48.5 Å². The highest BCUT2D eigenvalue weighted by Gasteiger charge is 2.37. The van der Waals surface area contributed by atoms with E-state index in [1.807, 2.05) is 12.1 Å². The quantitative estimate of drug-likeness (QED) is 0.803. The number of ether oxygens (including phenoxy) is 2. The van der Waals surface area contributed by atoms with Gasteiger partial charge in [-0.05, 0) is 11.1 Å². The fourth-order valence-electron chi connectivity index (χ4n) is 2.55. The minimum absolute atomic E-state index is 0.180. The molecule has 0 aromatic heterocycles. The van der Waals surface area contributed by atoms with Crippen LogP contribution in [0.1, 0.15) is 11.1 Å². The Morgan fingerprint density at radius 3 is 1.56 bits per heavy atom. The summed E-state index contributed by atoms with van der Waals surface area (Å²) in [4.78, 5) is 0. The summed E-state index contributed by atoms with van der Waals surface area (Å²) in [5.74, 6) is 0. The van der Waals surface area contributed by atoms with Crippen LogP contribution in [0.2, 0.25) is 0 Å². The highest BCUT2D eigenvalue weighted by Crippen LogP contribution is 2.34. The number of benzene rings is 2.